The minimum absolute atomic E-state index is 0.820. The van der Waals surface area contributed by atoms with Crippen LogP contribution in [0.15, 0.2) is 24.4 Å². The lowest BCUT2D eigenvalue weighted by Gasteiger charge is -2.06. The molecule has 1 aromatic carbocycles. The van der Waals surface area contributed by atoms with Crippen molar-refractivity contribution in [1.29, 1.82) is 0 Å². The van der Waals surface area contributed by atoms with E-state index in [1.807, 2.05) is 13.1 Å². The van der Waals surface area contributed by atoms with E-state index in [1.165, 1.54) is 16.7 Å². The molecule has 1 aliphatic heterocycles. The van der Waals surface area contributed by atoms with Crippen molar-refractivity contribution in [1.82, 2.24) is 15.5 Å². The van der Waals surface area contributed by atoms with Gasteiger partial charge in [-0.15, -0.1) is 0 Å². The van der Waals surface area contributed by atoms with Crippen LogP contribution in [0.25, 0.3) is 0 Å². The van der Waals surface area contributed by atoms with E-state index in [9.17, 15) is 0 Å². The van der Waals surface area contributed by atoms with E-state index in [2.05, 4.69) is 33.7 Å². The maximum atomic E-state index is 5.50. The van der Waals surface area contributed by atoms with Crippen molar-refractivity contribution in [2.45, 2.75) is 26.4 Å². The number of hydrogen-bond acceptors (Lipinski definition) is 3. The van der Waals surface area contributed by atoms with Crippen LogP contribution in [-0.4, -0.2) is 16.8 Å². The summed E-state index contributed by atoms with van der Waals surface area (Å²) in [5.74, 6) is 1.05. The van der Waals surface area contributed by atoms with Crippen molar-refractivity contribution in [2.75, 3.05) is 6.61 Å². The Balaban J connectivity index is 1.59. The molecule has 94 valence electrons. The highest BCUT2D eigenvalue weighted by Gasteiger charge is 2.11. The normalized spacial score (nSPS) is 13.4. The van der Waals surface area contributed by atoms with Crippen molar-refractivity contribution in [3.05, 3.63) is 46.8 Å². The van der Waals surface area contributed by atoms with Gasteiger partial charge in [-0.1, -0.05) is 12.1 Å². The van der Waals surface area contributed by atoms with Gasteiger partial charge in [-0.25, -0.2) is 0 Å². The predicted molar refractivity (Wildman–Crippen MR) is 69.5 cm³/mol. The molecule has 2 heterocycles. The first-order valence-corrected chi connectivity index (χ1v) is 6.27. The topological polar surface area (TPSA) is 49.9 Å². The highest BCUT2D eigenvalue weighted by Crippen LogP contribution is 2.25. The third-order valence-corrected chi connectivity index (χ3v) is 3.33. The molecule has 0 radical (unpaired) electrons. The number of H-pyrrole nitrogens is 1. The third kappa shape index (κ3) is 2.24. The molecule has 1 aromatic heterocycles. The minimum Gasteiger partial charge on any atom is -0.493 e. The van der Waals surface area contributed by atoms with Crippen LogP contribution in [0, 0.1) is 6.92 Å². The monoisotopic (exact) mass is 243 g/mol. The minimum atomic E-state index is 0.820. The van der Waals surface area contributed by atoms with Crippen molar-refractivity contribution in [3.63, 3.8) is 0 Å². The number of hydrogen-bond donors (Lipinski definition) is 2. The Kier molecular flexibility index (Phi) is 3.02. The molecule has 3 rings (SSSR count). The zero-order valence-electron chi connectivity index (χ0n) is 10.5. The molecule has 1 aliphatic rings. The van der Waals surface area contributed by atoms with E-state index in [4.69, 9.17) is 4.74 Å². The van der Waals surface area contributed by atoms with Crippen LogP contribution in [-0.2, 0) is 19.5 Å². The Morgan fingerprint density at radius 3 is 3.17 bits per heavy atom. The predicted octanol–water partition coefficient (Wildman–Crippen LogP) is 1.94. The molecule has 0 amide bonds. The quantitative estimate of drug-likeness (QED) is 0.863. The molecule has 0 saturated heterocycles. The maximum Gasteiger partial charge on any atom is 0.122 e. The Labute approximate surface area is 106 Å². The third-order valence-electron chi connectivity index (χ3n) is 3.33. The average Bonchev–Trinajstić information content (AvgIpc) is 2.98. The van der Waals surface area contributed by atoms with E-state index in [0.717, 1.165) is 37.6 Å². The number of aromatic amines is 1. The number of rotatable bonds is 4. The fraction of sp³-hybridized carbons (Fsp3) is 0.357. The standard InChI is InChI=1S/C14H17N3O/c1-10-13(9-16-17-10)8-15-7-11-2-3-14-12(6-11)4-5-18-14/h2-3,6,9,15H,4-5,7-8H2,1H3,(H,16,17). The Morgan fingerprint density at radius 2 is 2.33 bits per heavy atom. The first kappa shape index (κ1) is 11.3. The van der Waals surface area contributed by atoms with Gasteiger partial charge in [-0.2, -0.15) is 5.10 Å². The van der Waals surface area contributed by atoms with Gasteiger partial charge in [0.25, 0.3) is 0 Å². The van der Waals surface area contributed by atoms with Gasteiger partial charge >= 0.3 is 0 Å². The zero-order chi connectivity index (χ0) is 12.4. The SMILES string of the molecule is Cc1[nH]ncc1CNCc1ccc2c(c1)CCO2. The summed E-state index contributed by atoms with van der Waals surface area (Å²) in [5, 5.41) is 10.4. The lowest BCUT2D eigenvalue weighted by Crippen LogP contribution is -2.13. The summed E-state index contributed by atoms with van der Waals surface area (Å²) < 4.78 is 5.50. The fourth-order valence-electron chi connectivity index (χ4n) is 2.25. The summed E-state index contributed by atoms with van der Waals surface area (Å²) in [6.45, 7) is 4.57. The zero-order valence-corrected chi connectivity index (χ0v) is 10.5. The van der Waals surface area contributed by atoms with E-state index in [1.54, 1.807) is 0 Å². The van der Waals surface area contributed by atoms with E-state index < -0.39 is 0 Å². The molecule has 2 N–H and O–H groups in total. The van der Waals surface area contributed by atoms with Gasteiger partial charge < -0.3 is 10.1 Å². The van der Waals surface area contributed by atoms with E-state index >= 15 is 0 Å². The second-order valence-corrected chi connectivity index (χ2v) is 4.66. The molecular formula is C14H17N3O. The summed E-state index contributed by atoms with van der Waals surface area (Å²) in [7, 11) is 0. The number of fused-ring (bicyclic) bond motifs is 1. The number of aromatic nitrogens is 2. The smallest absolute Gasteiger partial charge is 0.122 e. The molecule has 0 atom stereocenters. The number of nitrogens with zero attached hydrogens (tertiary/aromatic N) is 1. The van der Waals surface area contributed by atoms with Gasteiger partial charge in [-0.05, 0) is 24.1 Å². The van der Waals surface area contributed by atoms with Crippen molar-refractivity contribution >= 4 is 0 Å². The molecule has 2 aromatic rings. The van der Waals surface area contributed by atoms with Crippen LogP contribution in [0.5, 0.6) is 5.75 Å². The maximum absolute atomic E-state index is 5.50. The number of benzene rings is 1. The van der Waals surface area contributed by atoms with Gasteiger partial charge in [0.2, 0.25) is 0 Å². The molecule has 4 nitrogen and oxygen atoms in total. The van der Waals surface area contributed by atoms with Crippen molar-refractivity contribution in [3.8, 4) is 5.75 Å². The summed E-state index contributed by atoms with van der Waals surface area (Å²) in [4.78, 5) is 0. The molecule has 18 heavy (non-hydrogen) atoms. The van der Waals surface area contributed by atoms with Gasteiger partial charge in [0.1, 0.15) is 5.75 Å². The lowest BCUT2D eigenvalue weighted by molar-refractivity contribution is 0.357. The Hall–Kier alpha value is -1.81. The van der Waals surface area contributed by atoms with Crippen molar-refractivity contribution < 1.29 is 4.74 Å². The molecule has 0 aliphatic carbocycles. The summed E-state index contributed by atoms with van der Waals surface area (Å²) in [6, 6.07) is 6.43. The number of nitrogens with one attached hydrogen (secondary N) is 2. The van der Waals surface area contributed by atoms with Gasteiger partial charge in [0.05, 0.1) is 12.8 Å². The fourth-order valence-corrected chi connectivity index (χ4v) is 2.25. The summed E-state index contributed by atoms with van der Waals surface area (Å²) >= 11 is 0. The highest BCUT2D eigenvalue weighted by molar-refractivity contribution is 5.39. The molecular weight excluding hydrogens is 226 g/mol. The van der Waals surface area contributed by atoms with Crippen LogP contribution in [0.2, 0.25) is 0 Å². The van der Waals surface area contributed by atoms with E-state index in [-0.39, 0.29) is 0 Å². The van der Waals surface area contributed by atoms with Gasteiger partial charge in [0, 0.05) is 30.8 Å². The summed E-state index contributed by atoms with van der Waals surface area (Å²) in [5.41, 5.74) is 4.98. The number of aryl methyl sites for hydroxylation is 1. The van der Waals surface area contributed by atoms with Crippen molar-refractivity contribution in [2.24, 2.45) is 0 Å². The molecule has 4 heteroatoms. The average molecular weight is 243 g/mol. The molecule has 0 fully saturated rings. The largest absolute Gasteiger partial charge is 0.493 e. The second kappa shape index (κ2) is 4.82. The number of ether oxygens (including phenoxy) is 1. The lowest BCUT2D eigenvalue weighted by atomic mass is 10.1. The van der Waals surface area contributed by atoms with Crippen LogP contribution >= 0.6 is 0 Å². The van der Waals surface area contributed by atoms with E-state index in [0.29, 0.717) is 0 Å². The molecule has 0 bridgehead atoms. The molecule has 0 unspecified atom stereocenters. The van der Waals surface area contributed by atoms with Gasteiger partial charge in [-0.3, -0.25) is 5.10 Å². The van der Waals surface area contributed by atoms with Crippen LogP contribution in [0.1, 0.15) is 22.4 Å². The molecule has 0 spiro atoms. The molecule has 0 saturated carbocycles. The second-order valence-electron chi connectivity index (χ2n) is 4.66. The highest BCUT2D eigenvalue weighted by atomic mass is 16.5. The van der Waals surface area contributed by atoms with Crippen LogP contribution in [0.3, 0.4) is 0 Å². The Morgan fingerprint density at radius 1 is 1.39 bits per heavy atom. The Bertz CT molecular complexity index is 548. The first-order chi connectivity index (χ1) is 8.83. The first-order valence-electron chi connectivity index (χ1n) is 6.27. The van der Waals surface area contributed by atoms with Crippen LogP contribution < -0.4 is 10.1 Å². The van der Waals surface area contributed by atoms with Crippen LogP contribution in [0.4, 0.5) is 0 Å². The van der Waals surface area contributed by atoms with Gasteiger partial charge in [0.15, 0.2) is 0 Å². The summed E-state index contributed by atoms with van der Waals surface area (Å²) in [6.07, 6.45) is 2.91.